The largest absolute Gasteiger partial charge is 0.463 e. The van der Waals surface area contributed by atoms with Crippen molar-refractivity contribution in [2.24, 2.45) is 0 Å². The molecule has 0 radical (unpaired) electrons. The van der Waals surface area contributed by atoms with Gasteiger partial charge in [-0.1, -0.05) is 15.9 Å². The Hall–Kier alpha value is -0.970. The first kappa shape index (κ1) is 13.1. The quantitative estimate of drug-likeness (QED) is 0.491. The fourth-order valence-corrected chi connectivity index (χ4v) is 2.15. The first-order valence-corrected chi connectivity index (χ1v) is 6.31. The lowest BCUT2D eigenvalue weighted by molar-refractivity contribution is -0.138. The molecule has 1 N–H and O–H groups in total. The van der Waals surface area contributed by atoms with Gasteiger partial charge in [0.2, 0.25) is 0 Å². The second-order valence-corrected chi connectivity index (χ2v) is 4.02. The number of hydrogen-bond donors (Lipinski definition) is 1. The van der Waals surface area contributed by atoms with Crippen LogP contribution >= 0.6 is 15.9 Å². The van der Waals surface area contributed by atoms with Crippen molar-refractivity contribution >= 4 is 33.4 Å². The van der Waals surface area contributed by atoms with Crippen molar-refractivity contribution in [3.8, 4) is 0 Å². The molecule has 0 spiro atoms. The summed E-state index contributed by atoms with van der Waals surface area (Å²) in [6.07, 6.45) is 1.66. The summed E-state index contributed by atoms with van der Waals surface area (Å²) >= 11 is 3.17. The molecule has 0 atom stereocenters. The van der Waals surface area contributed by atoms with Gasteiger partial charge in [-0.2, -0.15) is 0 Å². The molecule has 5 heteroatoms. The first-order valence-electron chi connectivity index (χ1n) is 5.19. The van der Waals surface area contributed by atoms with E-state index in [-0.39, 0.29) is 34.6 Å². The molecule has 1 aliphatic carbocycles. The summed E-state index contributed by atoms with van der Waals surface area (Å²) in [5.41, 5.74) is 0.775. The standard InChI is InChI=1S/C11H14BrNO3/c1-2-16-11(15)7(6-12)10-8(13)4-3-5-9(10)14/h13H,2-6H2,1H3. The highest BCUT2D eigenvalue weighted by Gasteiger charge is 2.27. The van der Waals surface area contributed by atoms with Crippen LogP contribution in [0.15, 0.2) is 11.1 Å². The zero-order valence-corrected chi connectivity index (χ0v) is 10.7. The van der Waals surface area contributed by atoms with E-state index >= 15 is 0 Å². The summed E-state index contributed by atoms with van der Waals surface area (Å²) in [5.74, 6) is -0.631. The number of ketones is 1. The highest BCUT2D eigenvalue weighted by Crippen LogP contribution is 2.22. The third-order valence-corrected chi connectivity index (χ3v) is 2.93. The van der Waals surface area contributed by atoms with Gasteiger partial charge in [0.05, 0.1) is 12.2 Å². The van der Waals surface area contributed by atoms with E-state index in [1.165, 1.54) is 0 Å². The van der Waals surface area contributed by atoms with Crippen LogP contribution < -0.4 is 0 Å². The topological polar surface area (TPSA) is 67.2 Å². The summed E-state index contributed by atoms with van der Waals surface area (Å²) in [6.45, 7) is 1.98. The number of rotatable bonds is 3. The molecule has 16 heavy (non-hydrogen) atoms. The van der Waals surface area contributed by atoms with Crippen molar-refractivity contribution in [1.29, 1.82) is 5.41 Å². The van der Waals surface area contributed by atoms with Gasteiger partial charge in [-0.3, -0.25) is 4.79 Å². The fraction of sp³-hybridized carbons (Fsp3) is 0.545. The van der Waals surface area contributed by atoms with E-state index in [9.17, 15) is 9.59 Å². The highest BCUT2D eigenvalue weighted by molar-refractivity contribution is 9.09. The van der Waals surface area contributed by atoms with Gasteiger partial charge in [0, 0.05) is 23.0 Å². The fourth-order valence-electron chi connectivity index (χ4n) is 1.64. The molecule has 0 saturated heterocycles. The van der Waals surface area contributed by atoms with Crippen molar-refractivity contribution in [1.82, 2.24) is 0 Å². The van der Waals surface area contributed by atoms with Crippen LogP contribution in [0.1, 0.15) is 26.2 Å². The molecule has 0 unspecified atom stereocenters. The molecule has 0 aromatic heterocycles. The molecule has 1 fully saturated rings. The summed E-state index contributed by atoms with van der Waals surface area (Å²) in [6, 6.07) is 0. The number of carbonyl (C=O) groups is 2. The van der Waals surface area contributed by atoms with Crippen LogP contribution in [0.25, 0.3) is 0 Å². The van der Waals surface area contributed by atoms with Gasteiger partial charge in [0.25, 0.3) is 0 Å². The van der Waals surface area contributed by atoms with Crippen molar-refractivity contribution < 1.29 is 14.3 Å². The zero-order valence-electron chi connectivity index (χ0n) is 9.14. The smallest absolute Gasteiger partial charge is 0.335 e. The lowest BCUT2D eigenvalue weighted by atomic mass is 9.88. The summed E-state index contributed by atoms with van der Waals surface area (Å²) in [5, 5.41) is 7.97. The Balaban J connectivity index is 3.08. The average molecular weight is 288 g/mol. The number of carbonyl (C=O) groups excluding carboxylic acids is 2. The van der Waals surface area contributed by atoms with Gasteiger partial charge in [-0.25, -0.2) is 4.79 Å². The Bertz CT molecular complexity index is 342. The van der Waals surface area contributed by atoms with Crippen LogP contribution in [0.4, 0.5) is 0 Å². The maximum atomic E-state index is 11.7. The molecule has 88 valence electrons. The zero-order chi connectivity index (χ0) is 12.1. The number of ether oxygens (including phenoxy) is 1. The van der Waals surface area contributed by atoms with E-state index in [2.05, 4.69) is 15.9 Å². The van der Waals surface area contributed by atoms with E-state index in [0.29, 0.717) is 19.3 Å². The number of hydrogen-bond acceptors (Lipinski definition) is 4. The molecule has 1 aliphatic rings. The van der Waals surface area contributed by atoms with Gasteiger partial charge >= 0.3 is 5.97 Å². The van der Waals surface area contributed by atoms with Gasteiger partial charge < -0.3 is 10.1 Å². The lowest BCUT2D eigenvalue weighted by Gasteiger charge is -2.17. The molecule has 1 saturated carbocycles. The highest BCUT2D eigenvalue weighted by atomic mass is 79.9. The Morgan fingerprint density at radius 2 is 2.19 bits per heavy atom. The monoisotopic (exact) mass is 287 g/mol. The Morgan fingerprint density at radius 3 is 2.69 bits per heavy atom. The number of allylic oxidation sites excluding steroid dienone is 1. The predicted octanol–water partition coefficient (Wildman–Crippen LogP) is 2.01. The van der Waals surface area contributed by atoms with Crippen molar-refractivity contribution in [3.63, 3.8) is 0 Å². The second-order valence-electron chi connectivity index (χ2n) is 3.46. The molecule has 1 rings (SSSR count). The van der Waals surface area contributed by atoms with Crippen LogP contribution in [0.2, 0.25) is 0 Å². The lowest BCUT2D eigenvalue weighted by Crippen LogP contribution is -2.24. The van der Waals surface area contributed by atoms with Gasteiger partial charge in [-0.05, 0) is 19.8 Å². The van der Waals surface area contributed by atoms with Crippen LogP contribution in [0.5, 0.6) is 0 Å². The number of alkyl halides is 1. The molecular formula is C11H14BrNO3. The Morgan fingerprint density at radius 1 is 1.50 bits per heavy atom. The van der Waals surface area contributed by atoms with Crippen molar-refractivity contribution in [2.45, 2.75) is 26.2 Å². The first-order chi connectivity index (χ1) is 7.61. The molecule has 0 aliphatic heterocycles. The Labute approximate surface area is 103 Å². The summed E-state index contributed by atoms with van der Waals surface area (Å²) in [4.78, 5) is 23.3. The van der Waals surface area contributed by atoms with E-state index in [0.717, 1.165) is 0 Å². The van der Waals surface area contributed by atoms with E-state index in [4.69, 9.17) is 10.1 Å². The van der Waals surface area contributed by atoms with Crippen molar-refractivity contribution in [3.05, 3.63) is 11.1 Å². The van der Waals surface area contributed by atoms with E-state index in [1.54, 1.807) is 6.92 Å². The molecule has 0 bridgehead atoms. The van der Waals surface area contributed by atoms with Crippen LogP contribution in [0.3, 0.4) is 0 Å². The Kier molecular flexibility index (Phi) is 4.86. The third-order valence-electron chi connectivity index (χ3n) is 2.37. The van der Waals surface area contributed by atoms with Crippen LogP contribution in [-0.4, -0.2) is 29.4 Å². The predicted molar refractivity (Wildman–Crippen MR) is 64.0 cm³/mol. The minimum Gasteiger partial charge on any atom is -0.463 e. The molecule has 0 aromatic rings. The molecule has 0 amide bonds. The SMILES string of the molecule is CCOC(=O)C(CBr)=C1C(=N)CCCC1=O. The molecular weight excluding hydrogens is 274 g/mol. The summed E-state index contributed by atoms with van der Waals surface area (Å²) in [7, 11) is 0. The minimum absolute atomic E-state index is 0.126. The number of halogens is 1. The van der Waals surface area contributed by atoms with E-state index < -0.39 is 5.97 Å². The van der Waals surface area contributed by atoms with Crippen LogP contribution in [-0.2, 0) is 14.3 Å². The molecule has 0 aromatic carbocycles. The van der Waals surface area contributed by atoms with E-state index in [1.807, 2.05) is 0 Å². The van der Waals surface area contributed by atoms with Crippen LogP contribution in [0, 0.1) is 5.41 Å². The molecule has 0 heterocycles. The van der Waals surface area contributed by atoms with Gasteiger partial charge in [0.15, 0.2) is 5.78 Å². The normalized spacial score (nSPS) is 19.6. The molecule has 4 nitrogen and oxygen atoms in total. The maximum Gasteiger partial charge on any atom is 0.335 e. The number of esters is 1. The number of nitrogens with one attached hydrogen (secondary N) is 1. The summed E-state index contributed by atoms with van der Waals surface area (Å²) < 4.78 is 4.87. The van der Waals surface area contributed by atoms with Crippen molar-refractivity contribution in [2.75, 3.05) is 11.9 Å². The third kappa shape index (κ3) is 2.78. The number of Topliss-reactive ketones (excluding diaryl/α,β-unsaturated/α-hetero) is 1. The van der Waals surface area contributed by atoms with Gasteiger partial charge in [-0.15, -0.1) is 0 Å². The average Bonchev–Trinajstić information content (AvgIpc) is 2.24. The second kappa shape index (κ2) is 5.94. The maximum absolute atomic E-state index is 11.7. The minimum atomic E-state index is -0.505. The van der Waals surface area contributed by atoms with Gasteiger partial charge in [0.1, 0.15) is 0 Å².